The van der Waals surface area contributed by atoms with Crippen molar-refractivity contribution >= 4 is 17.6 Å². The molecule has 0 aliphatic heterocycles. The zero-order valence-electron chi connectivity index (χ0n) is 8.38. The molecule has 0 aliphatic rings. The van der Waals surface area contributed by atoms with Gasteiger partial charge in [0, 0.05) is 13.1 Å². The Balaban J connectivity index is 2.28. The van der Waals surface area contributed by atoms with Crippen LogP contribution in [0.2, 0.25) is 0 Å². The third-order valence-electron chi connectivity index (χ3n) is 1.70. The van der Waals surface area contributed by atoms with Crippen molar-refractivity contribution in [1.29, 1.82) is 0 Å². The van der Waals surface area contributed by atoms with Gasteiger partial charge in [-0.3, -0.25) is 0 Å². The minimum Gasteiger partial charge on any atom is -0.384 e. The summed E-state index contributed by atoms with van der Waals surface area (Å²) in [6.07, 6.45) is 1.64. The van der Waals surface area contributed by atoms with Gasteiger partial charge in [0.25, 0.3) is 0 Å². The third-order valence-corrected chi connectivity index (χ3v) is 2.67. The quantitative estimate of drug-likeness (QED) is 0.751. The zero-order valence-corrected chi connectivity index (χ0v) is 9.19. The molecule has 6 nitrogen and oxygen atoms in total. The Labute approximate surface area is 90.9 Å². The lowest BCUT2D eigenvalue weighted by atomic mass is 10.5. The van der Waals surface area contributed by atoms with Crippen LogP contribution in [0.3, 0.4) is 0 Å². The van der Waals surface area contributed by atoms with Crippen LogP contribution in [0.4, 0.5) is 5.82 Å². The molecule has 0 aliphatic carbocycles. The molecule has 0 saturated carbocycles. The number of nitrogens with zero attached hydrogens (tertiary/aromatic N) is 5. The van der Waals surface area contributed by atoms with Crippen molar-refractivity contribution in [3.8, 4) is 0 Å². The Kier molecular flexibility index (Phi) is 2.55. The molecule has 0 atom stereocenters. The van der Waals surface area contributed by atoms with Crippen LogP contribution < -0.4 is 5.73 Å². The number of rotatable bonds is 2. The van der Waals surface area contributed by atoms with Crippen LogP contribution >= 0.6 is 11.8 Å². The van der Waals surface area contributed by atoms with Crippen LogP contribution in [-0.4, -0.2) is 24.7 Å². The van der Waals surface area contributed by atoms with Crippen LogP contribution in [0.15, 0.2) is 22.6 Å². The molecule has 2 heterocycles. The topological polar surface area (TPSA) is 82.5 Å². The molecule has 0 fully saturated rings. The third kappa shape index (κ3) is 2.24. The number of nitrogens with two attached hydrogens (primary N) is 1. The lowest BCUT2D eigenvalue weighted by Gasteiger charge is -2.01. The second-order valence-electron chi connectivity index (χ2n) is 3.00. The first kappa shape index (κ1) is 9.91. The molecule has 0 spiro atoms. The van der Waals surface area contributed by atoms with E-state index in [9.17, 15) is 0 Å². The lowest BCUT2D eigenvalue weighted by Crippen LogP contribution is -1.97. The summed E-state index contributed by atoms with van der Waals surface area (Å²) in [5.74, 6) is 1.12. The van der Waals surface area contributed by atoms with E-state index in [2.05, 4.69) is 20.2 Å². The van der Waals surface area contributed by atoms with Gasteiger partial charge in [-0.15, -0.1) is 10.2 Å². The van der Waals surface area contributed by atoms with Gasteiger partial charge in [-0.1, -0.05) is 0 Å². The fraction of sp³-hybridized carbons (Fsp3) is 0.250. The van der Waals surface area contributed by atoms with Gasteiger partial charge < -0.3 is 10.3 Å². The maximum absolute atomic E-state index is 5.62. The molecule has 78 valence electrons. The molecular weight excluding hydrogens is 212 g/mol. The normalized spacial score (nSPS) is 10.5. The Morgan fingerprint density at radius 1 is 1.40 bits per heavy atom. The van der Waals surface area contributed by atoms with Crippen molar-refractivity contribution in [2.45, 2.75) is 17.1 Å². The minimum absolute atomic E-state index is 0.465. The van der Waals surface area contributed by atoms with E-state index in [0.29, 0.717) is 11.6 Å². The number of hydrogen-bond acceptors (Lipinski definition) is 6. The van der Waals surface area contributed by atoms with Crippen molar-refractivity contribution in [1.82, 2.24) is 24.7 Å². The molecule has 0 radical (unpaired) electrons. The Morgan fingerprint density at radius 3 is 2.80 bits per heavy atom. The van der Waals surface area contributed by atoms with Gasteiger partial charge in [0.05, 0.1) is 0 Å². The van der Waals surface area contributed by atoms with Crippen molar-refractivity contribution in [3.63, 3.8) is 0 Å². The van der Waals surface area contributed by atoms with Gasteiger partial charge in [-0.2, -0.15) is 0 Å². The van der Waals surface area contributed by atoms with Gasteiger partial charge in [0.15, 0.2) is 5.16 Å². The lowest BCUT2D eigenvalue weighted by molar-refractivity contribution is 0.786. The van der Waals surface area contributed by atoms with E-state index in [1.54, 1.807) is 19.3 Å². The SMILES string of the molecule is Cc1nc(N)cc(Sc2nncn2C)n1. The highest BCUT2D eigenvalue weighted by atomic mass is 32.2. The molecule has 2 aromatic rings. The van der Waals surface area contributed by atoms with Gasteiger partial charge in [0.1, 0.15) is 23.0 Å². The fourth-order valence-electron chi connectivity index (χ4n) is 1.07. The molecule has 0 saturated heterocycles. The van der Waals surface area contributed by atoms with E-state index in [1.807, 2.05) is 11.6 Å². The van der Waals surface area contributed by atoms with Crippen molar-refractivity contribution in [2.75, 3.05) is 5.73 Å². The summed E-state index contributed by atoms with van der Waals surface area (Å²) in [7, 11) is 1.87. The van der Waals surface area contributed by atoms with Gasteiger partial charge in [0.2, 0.25) is 0 Å². The smallest absolute Gasteiger partial charge is 0.197 e. The van der Waals surface area contributed by atoms with Crippen molar-refractivity contribution < 1.29 is 0 Å². The molecule has 0 bridgehead atoms. The molecule has 2 rings (SSSR count). The largest absolute Gasteiger partial charge is 0.384 e. The highest BCUT2D eigenvalue weighted by Crippen LogP contribution is 2.24. The number of aromatic nitrogens is 5. The van der Waals surface area contributed by atoms with E-state index in [4.69, 9.17) is 5.73 Å². The number of anilines is 1. The average Bonchev–Trinajstić information content (AvgIpc) is 2.50. The van der Waals surface area contributed by atoms with Crippen LogP contribution in [-0.2, 0) is 7.05 Å². The molecule has 0 amide bonds. The van der Waals surface area contributed by atoms with Gasteiger partial charge in [-0.05, 0) is 18.7 Å². The summed E-state index contributed by atoms with van der Waals surface area (Å²) in [6.45, 7) is 1.80. The number of hydrogen-bond donors (Lipinski definition) is 1. The second kappa shape index (κ2) is 3.85. The van der Waals surface area contributed by atoms with E-state index in [1.165, 1.54) is 11.8 Å². The fourth-order valence-corrected chi connectivity index (χ4v) is 1.90. The molecule has 15 heavy (non-hydrogen) atoms. The van der Waals surface area contributed by atoms with Crippen molar-refractivity contribution in [3.05, 3.63) is 18.2 Å². The van der Waals surface area contributed by atoms with Crippen molar-refractivity contribution in [2.24, 2.45) is 7.05 Å². The summed E-state index contributed by atoms with van der Waals surface area (Å²) >= 11 is 1.41. The van der Waals surface area contributed by atoms with Crippen LogP contribution in [0.25, 0.3) is 0 Å². The van der Waals surface area contributed by atoms with E-state index >= 15 is 0 Å². The van der Waals surface area contributed by atoms with E-state index < -0.39 is 0 Å². The summed E-state index contributed by atoms with van der Waals surface area (Å²) in [4.78, 5) is 8.24. The molecule has 2 N–H and O–H groups in total. The average molecular weight is 222 g/mol. The first-order chi connectivity index (χ1) is 7.15. The first-order valence-corrected chi connectivity index (χ1v) is 5.10. The molecule has 0 unspecified atom stereocenters. The Bertz CT molecular complexity index is 459. The maximum Gasteiger partial charge on any atom is 0.197 e. The van der Waals surface area contributed by atoms with E-state index in [-0.39, 0.29) is 0 Å². The number of nitrogen functional groups attached to an aromatic ring is 1. The van der Waals surface area contributed by atoms with Gasteiger partial charge >= 0.3 is 0 Å². The Hall–Kier alpha value is -1.63. The molecule has 0 aromatic carbocycles. The predicted octanol–water partition coefficient (Wildman–Crippen LogP) is 0.647. The maximum atomic E-state index is 5.62. The van der Waals surface area contributed by atoms with E-state index in [0.717, 1.165) is 10.2 Å². The second-order valence-corrected chi connectivity index (χ2v) is 3.99. The van der Waals surface area contributed by atoms with Crippen LogP contribution in [0.5, 0.6) is 0 Å². The van der Waals surface area contributed by atoms with Gasteiger partial charge in [-0.25, -0.2) is 9.97 Å². The highest BCUT2D eigenvalue weighted by molar-refractivity contribution is 7.99. The predicted molar refractivity (Wildman–Crippen MR) is 56.3 cm³/mol. The summed E-state index contributed by atoms with van der Waals surface area (Å²) in [6, 6.07) is 1.71. The molecule has 7 heteroatoms. The summed E-state index contributed by atoms with van der Waals surface area (Å²) in [5.41, 5.74) is 5.62. The molecule has 2 aromatic heterocycles. The minimum atomic E-state index is 0.465. The Morgan fingerprint density at radius 2 is 2.20 bits per heavy atom. The number of aryl methyl sites for hydroxylation is 2. The van der Waals surface area contributed by atoms with Crippen LogP contribution in [0.1, 0.15) is 5.82 Å². The first-order valence-electron chi connectivity index (χ1n) is 4.28. The zero-order chi connectivity index (χ0) is 10.8. The summed E-state index contributed by atoms with van der Waals surface area (Å²) in [5, 5.41) is 9.27. The van der Waals surface area contributed by atoms with Crippen LogP contribution in [0, 0.1) is 6.92 Å². The summed E-state index contributed by atoms with van der Waals surface area (Å²) < 4.78 is 1.82. The molecular formula is C8H10N6S. The standard InChI is InChI=1S/C8H10N6S/c1-5-11-6(9)3-7(12-5)15-8-13-10-4-14(8)2/h3-4H,1-2H3,(H2,9,11,12). The monoisotopic (exact) mass is 222 g/mol. The highest BCUT2D eigenvalue weighted by Gasteiger charge is 2.06.